The van der Waals surface area contributed by atoms with Crippen molar-refractivity contribution in [2.24, 2.45) is 0 Å². The minimum absolute atomic E-state index is 0.0920. The van der Waals surface area contributed by atoms with Gasteiger partial charge in [-0.05, 0) is 48.7 Å². The Morgan fingerprint density at radius 3 is 2.12 bits per heavy atom. The molecule has 3 aromatic carbocycles. The number of benzene rings is 3. The second-order valence-electron chi connectivity index (χ2n) is 10.1. The van der Waals surface area contributed by atoms with Crippen LogP contribution in [0.3, 0.4) is 0 Å². The van der Waals surface area contributed by atoms with E-state index in [2.05, 4.69) is 48.6 Å². The number of hydrogen-bond acceptors (Lipinski definition) is 7. The molecule has 0 atom stereocenters. The monoisotopic (exact) mass is 618 g/mol. The van der Waals surface area contributed by atoms with Gasteiger partial charge in [-0.2, -0.15) is 4.31 Å². The van der Waals surface area contributed by atoms with E-state index < -0.39 is 16.1 Å². The molecule has 1 aromatic heterocycles. The van der Waals surface area contributed by atoms with E-state index in [0.29, 0.717) is 10.7 Å². The van der Waals surface area contributed by atoms with Crippen LogP contribution in [0.1, 0.15) is 35.5 Å². The van der Waals surface area contributed by atoms with Gasteiger partial charge in [0.05, 0.1) is 17.2 Å². The zero-order valence-electron chi connectivity index (χ0n) is 24.2. The predicted molar refractivity (Wildman–Crippen MR) is 169 cm³/mol. The van der Waals surface area contributed by atoms with Gasteiger partial charge in [0.2, 0.25) is 10.0 Å². The lowest BCUT2D eigenvalue weighted by Crippen LogP contribution is -2.50. The average molecular weight is 619 g/mol. The van der Waals surface area contributed by atoms with Gasteiger partial charge in [-0.3, -0.25) is 10.1 Å². The highest BCUT2D eigenvalue weighted by atomic mass is 32.2. The molecular weight excluding hydrogens is 585 g/mol. The third-order valence-electron chi connectivity index (χ3n) is 7.18. The highest BCUT2D eigenvalue weighted by molar-refractivity contribution is 7.89. The van der Waals surface area contributed by atoms with Crippen molar-refractivity contribution in [3.63, 3.8) is 0 Å². The highest BCUT2D eigenvalue weighted by Crippen LogP contribution is 2.34. The maximum Gasteiger partial charge on any atom is 0.409 e. The Morgan fingerprint density at radius 2 is 1.49 bits per heavy atom. The molecule has 1 saturated heterocycles. The van der Waals surface area contributed by atoms with Gasteiger partial charge in [0.25, 0.3) is 5.91 Å². The Bertz CT molecular complexity index is 1660. The van der Waals surface area contributed by atoms with Crippen LogP contribution in [0, 0.1) is 0 Å². The number of piperazine rings is 1. The number of sulfonamides is 1. The molecule has 5 rings (SSSR count). The van der Waals surface area contributed by atoms with Crippen molar-refractivity contribution in [2.45, 2.75) is 31.6 Å². The molecule has 0 saturated carbocycles. The van der Waals surface area contributed by atoms with E-state index in [1.807, 2.05) is 18.2 Å². The van der Waals surface area contributed by atoms with Crippen LogP contribution in [0.2, 0.25) is 0 Å². The first-order valence-electron chi connectivity index (χ1n) is 14.3. The van der Waals surface area contributed by atoms with Crippen molar-refractivity contribution in [3.05, 3.63) is 89.3 Å². The Balaban J connectivity index is 1.26. The van der Waals surface area contributed by atoms with Gasteiger partial charge in [0.1, 0.15) is 0 Å². The lowest BCUT2D eigenvalue weighted by Gasteiger charge is -2.33. The van der Waals surface area contributed by atoms with E-state index in [9.17, 15) is 18.0 Å². The number of aryl methyl sites for hydroxylation is 1. The molecule has 0 spiro atoms. The van der Waals surface area contributed by atoms with E-state index >= 15 is 0 Å². The summed E-state index contributed by atoms with van der Waals surface area (Å²) < 4.78 is 32.7. The maximum atomic E-state index is 13.2. The maximum absolute atomic E-state index is 13.2. The van der Waals surface area contributed by atoms with Crippen LogP contribution in [-0.4, -0.2) is 67.4 Å². The standard InChI is InChI=1S/C32H34N4O5S2/c1-3-8-28-29(25-13-11-24(12-14-25)23-9-6-5-7-10-23)33-31(42-28)34-30(37)26-15-17-27(18-16-26)43(39,40)36-21-19-35(20-22-36)32(38)41-4-2/h5-7,9-18H,3-4,8,19-22H2,1-2H3,(H,33,34,37). The summed E-state index contributed by atoms with van der Waals surface area (Å²) in [4.78, 5) is 32.5. The summed E-state index contributed by atoms with van der Waals surface area (Å²) in [6.45, 7) is 4.96. The molecule has 224 valence electrons. The van der Waals surface area contributed by atoms with Gasteiger partial charge >= 0.3 is 6.09 Å². The molecule has 0 radical (unpaired) electrons. The Morgan fingerprint density at radius 1 is 0.860 bits per heavy atom. The van der Waals surface area contributed by atoms with Crippen LogP contribution in [0.4, 0.5) is 9.93 Å². The van der Waals surface area contributed by atoms with Crippen molar-refractivity contribution in [1.82, 2.24) is 14.2 Å². The number of hydrogen-bond donors (Lipinski definition) is 1. The number of carbonyl (C=O) groups excluding carboxylic acids is 2. The van der Waals surface area contributed by atoms with Crippen LogP contribution in [0.5, 0.6) is 0 Å². The number of carbonyl (C=O) groups is 2. The summed E-state index contributed by atoms with van der Waals surface area (Å²) in [5, 5.41) is 3.38. The van der Waals surface area contributed by atoms with Crippen LogP contribution in [0.25, 0.3) is 22.4 Å². The molecule has 43 heavy (non-hydrogen) atoms. The number of nitrogens with zero attached hydrogens (tertiary/aromatic N) is 3. The summed E-state index contributed by atoms with van der Waals surface area (Å²) in [5.41, 5.74) is 4.43. The van der Waals surface area contributed by atoms with Gasteiger partial charge in [-0.1, -0.05) is 67.9 Å². The first kappa shape index (κ1) is 30.4. The molecule has 11 heteroatoms. The van der Waals surface area contributed by atoms with Crippen molar-refractivity contribution in [1.29, 1.82) is 0 Å². The molecule has 0 aliphatic carbocycles. The van der Waals surface area contributed by atoms with Crippen molar-refractivity contribution in [2.75, 3.05) is 38.1 Å². The summed E-state index contributed by atoms with van der Waals surface area (Å²) in [6.07, 6.45) is 1.34. The molecular formula is C32H34N4O5S2. The van der Waals surface area contributed by atoms with E-state index in [0.717, 1.165) is 40.1 Å². The van der Waals surface area contributed by atoms with Crippen molar-refractivity contribution >= 4 is 38.5 Å². The molecule has 0 unspecified atom stereocenters. The fourth-order valence-electron chi connectivity index (χ4n) is 4.90. The zero-order valence-corrected chi connectivity index (χ0v) is 25.8. The number of amides is 2. The Labute approximate surface area is 256 Å². The van der Waals surface area contributed by atoms with E-state index in [4.69, 9.17) is 9.72 Å². The van der Waals surface area contributed by atoms with E-state index in [1.54, 1.807) is 6.92 Å². The SMILES string of the molecule is CCCc1sc(NC(=O)c2ccc(S(=O)(=O)N3CCN(C(=O)OCC)CC3)cc2)nc1-c1ccc(-c2ccccc2)cc1. The van der Waals surface area contributed by atoms with Gasteiger partial charge < -0.3 is 9.64 Å². The lowest BCUT2D eigenvalue weighted by molar-refractivity contribution is 0.0933. The number of anilines is 1. The topological polar surface area (TPSA) is 109 Å². The lowest BCUT2D eigenvalue weighted by atomic mass is 10.0. The van der Waals surface area contributed by atoms with E-state index in [1.165, 1.54) is 44.8 Å². The number of thiazole rings is 1. The fraction of sp³-hybridized carbons (Fsp3) is 0.281. The van der Waals surface area contributed by atoms with Crippen LogP contribution in [-0.2, 0) is 21.2 Å². The molecule has 1 aliphatic heterocycles. The third-order valence-corrected chi connectivity index (χ3v) is 10.1. The predicted octanol–water partition coefficient (Wildman–Crippen LogP) is 6.14. The van der Waals surface area contributed by atoms with Crippen LogP contribution in [0.15, 0.2) is 83.8 Å². The second-order valence-corrected chi connectivity index (χ2v) is 13.1. The third kappa shape index (κ3) is 6.96. The molecule has 1 fully saturated rings. The van der Waals surface area contributed by atoms with Crippen LogP contribution >= 0.6 is 11.3 Å². The normalized spacial score (nSPS) is 14.0. The average Bonchev–Trinajstić information content (AvgIpc) is 3.43. The smallest absolute Gasteiger partial charge is 0.409 e. The zero-order chi connectivity index (χ0) is 30.4. The first-order chi connectivity index (χ1) is 20.8. The molecule has 4 aromatic rings. The molecule has 1 N–H and O–H groups in total. The minimum atomic E-state index is -3.77. The van der Waals surface area contributed by atoms with Gasteiger partial charge in [0.15, 0.2) is 5.13 Å². The summed E-state index contributed by atoms with van der Waals surface area (Å²) in [7, 11) is -3.77. The molecule has 2 amide bonds. The van der Waals surface area contributed by atoms with E-state index in [-0.39, 0.29) is 43.6 Å². The second kappa shape index (κ2) is 13.5. The summed E-state index contributed by atoms with van der Waals surface area (Å²) >= 11 is 1.45. The molecule has 0 bridgehead atoms. The van der Waals surface area contributed by atoms with Gasteiger partial charge in [-0.15, -0.1) is 11.3 Å². The number of rotatable bonds is 9. The number of ether oxygens (including phenoxy) is 1. The summed E-state index contributed by atoms with van der Waals surface area (Å²) in [5.74, 6) is -0.366. The van der Waals surface area contributed by atoms with Gasteiger partial charge in [-0.25, -0.2) is 18.2 Å². The number of nitrogens with one attached hydrogen (secondary N) is 1. The van der Waals surface area contributed by atoms with Crippen LogP contribution < -0.4 is 5.32 Å². The van der Waals surface area contributed by atoms with Crippen molar-refractivity contribution < 1.29 is 22.7 Å². The molecule has 9 nitrogen and oxygen atoms in total. The Hall–Kier alpha value is -4.06. The largest absolute Gasteiger partial charge is 0.450 e. The molecule has 2 heterocycles. The minimum Gasteiger partial charge on any atom is -0.450 e. The first-order valence-corrected chi connectivity index (χ1v) is 16.5. The van der Waals surface area contributed by atoms with Crippen molar-refractivity contribution in [3.8, 4) is 22.4 Å². The highest BCUT2D eigenvalue weighted by Gasteiger charge is 2.30. The molecule has 1 aliphatic rings. The number of aromatic nitrogens is 1. The summed E-state index contributed by atoms with van der Waals surface area (Å²) in [6, 6.07) is 24.3. The van der Waals surface area contributed by atoms with Gasteiger partial charge in [0, 0.05) is 42.2 Å². The fourth-order valence-corrected chi connectivity index (χ4v) is 7.40. The quantitative estimate of drug-likeness (QED) is 0.241. The Kier molecular flexibility index (Phi) is 9.54.